The normalized spacial score (nSPS) is 9.73. The molecule has 0 heterocycles. The summed E-state index contributed by atoms with van der Waals surface area (Å²) in [6.07, 6.45) is 0. The Bertz CT molecular complexity index is 233. The van der Waals surface area contributed by atoms with Crippen LogP contribution in [0.25, 0.3) is 0 Å². The quantitative estimate of drug-likeness (QED) is 0.617. The molecule has 60 valence electrons. The fourth-order valence-electron chi connectivity index (χ4n) is 1.29. The average molecular weight is 150 g/mol. The van der Waals surface area contributed by atoms with E-state index in [-0.39, 0.29) is 0 Å². The van der Waals surface area contributed by atoms with Gasteiger partial charge in [0.05, 0.1) is 11.4 Å². The van der Waals surface area contributed by atoms with Gasteiger partial charge >= 0.3 is 0 Å². The number of anilines is 2. The van der Waals surface area contributed by atoms with Crippen LogP contribution < -0.4 is 10.6 Å². The number of hydrogen-bond donors (Lipinski definition) is 1. The van der Waals surface area contributed by atoms with Gasteiger partial charge < -0.3 is 10.6 Å². The Morgan fingerprint density at radius 1 is 1.27 bits per heavy atom. The monoisotopic (exact) mass is 150 g/mol. The highest BCUT2D eigenvalue weighted by Gasteiger charge is 2.02. The Labute approximate surface area is 67.6 Å². The number of nitrogen functional groups attached to an aromatic ring is 1. The van der Waals surface area contributed by atoms with Crippen LogP contribution in [0.15, 0.2) is 18.2 Å². The summed E-state index contributed by atoms with van der Waals surface area (Å²) in [5, 5.41) is 0. The van der Waals surface area contributed by atoms with Crippen LogP contribution in [-0.2, 0) is 0 Å². The molecule has 0 atom stereocenters. The Morgan fingerprint density at radius 2 is 1.91 bits per heavy atom. The minimum atomic E-state index is 0.843. The van der Waals surface area contributed by atoms with E-state index in [1.807, 2.05) is 31.1 Å². The molecular formula is C9H14N2. The van der Waals surface area contributed by atoms with Crippen molar-refractivity contribution in [3.63, 3.8) is 0 Å². The molecule has 11 heavy (non-hydrogen) atoms. The highest BCUT2D eigenvalue weighted by atomic mass is 15.1. The third-order valence-corrected chi connectivity index (χ3v) is 1.72. The second-order valence-corrected chi connectivity index (χ2v) is 2.91. The van der Waals surface area contributed by atoms with Crippen molar-refractivity contribution in [2.45, 2.75) is 6.92 Å². The summed E-state index contributed by atoms with van der Waals surface area (Å²) in [5.41, 5.74) is 8.96. The van der Waals surface area contributed by atoms with Crippen LogP contribution in [0, 0.1) is 6.92 Å². The number of hydrogen-bond acceptors (Lipinski definition) is 2. The van der Waals surface area contributed by atoms with E-state index >= 15 is 0 Å². The molecule has 1 aromatic carbocycles. The van der Waals surface area contributed by atoms with Crippen LogP contribution in [0.4, 0.5) is 11.4 Å². The topological polar surface area (TPSA) is 29.3 Å². The van der Waals surface area contributed by atoms with E-state index in [9.17, 15) is 0 Å². The second kappa shape index (κ2) is 2.82. The lowest BCUT2D eigenvalue weighted by molar-refractivity contribution is 1.12. The van der Waals surface area contributed by atoms with Gasteiger partial charge in [-0.1, -0.05) is 12.1 Å². The zero-order valence-corrected chi connectivity index (χ0v) is 7.26. The van der Waals surface area contributed by atoms with Gasteiger partial charge in [0, 0.05) is 14.1 Å². The minimum Gasteiger partial charge on any atom is -0.397 e. The van der Waals surface area contributed by atoms with E-state index in [4.69, 9.17) is 5.73 Å². The highest BCUT2D eigenvalue weighted by Crippen LogP contribution is 2.24. The molecule has 0 fully saturated rings. The zero-order valence-electron chi connectivity index (χ0n) is 7.26. The molecule has 0 saturated carbocycles. The van der Waals surface area contributed by atoms with Crippen molar-refractivity contribution >= 4 is 11.4 Å². The molecule has 2 nitrogen and oxygen atoms in total. The smallest absolute Gasteiger partial charge is 0.0624 e. The Balaban J connectivity index is 3.21. The summed E-state index contributed by atoms with van der Waals surface area (Å²) >= 11 is 0. The minimum absolute atomic E-state index is 0.843. The van der Waals surface area contributed by atoms with Crippen molar-refractivity contribution in [3.8, 4) is 0 Å². The molecule has 0 spiro atoms. The number of para-hydroxylation sites is 1. The lowest BCUT2D eigenvalue weighted by Crippen LogP contribution is -2.12. The van der Waals surface area contributed by atoms with Crippen molar-refractivity contribution in [3.05, 3.63) is 23.8 Å². The third kappa shape index (κ3) is 1.45. The molecule has 0 saturated heterocycles. The van der Waals surface area contributed by atoms with Crippen molar-refractivity contribution in [1.82, 2.24) is 0 Å². The van der Waals surface area contributed by atoms with Gasteiger partial charge in [-0.2, -0.15) is 0 Å². The summed E-state index contributed by atoms with van der Waals surface area (Å²) in [5.74, 6) is 0. The fourth-order valence-corrected chi connectivity index (χ4v) is 1.29. The van der Waals surface area contributed by atoms with Crippen LogP contribution in [0.1, 0.15) is 5.56 Å². The first kappa shape index (κ1) is 7.92. The Kier molecular flexibility index (Phi) is 2.03. The second-order valence-electron chi connectivity index (χ2n) is 2.91. The van der Waals surface area contributed by atoms with E-state index in [2.05, 4.69) is 13.0 Å². The highest BCUT2D eigenvalue weighted by molar-refractivity contribution is 5.70. The maximum atomic E-state index is 5.78. The molecular weight excluding hydrogens is 136 g/mol. The van der Waals surface area contributed by atoms with Crippen molar-refractivity contribution in [2.24, 2.45) is 0 Å². The molecule has 0 aromatic heterocycles. The maximum absolute atomic E-state index is 5.78. The van der Waals surface area contributed by atoms with E-state index in [0.717, 1.165) is 11.4 Å². The van der Waals surface area contributed by atoms with Crippen molar-refractivity contribution in [2.75, 3.05) is 24.7 Å². The van der Waals surface area contributed by atoms with Gasteiger partial charge in [0.25, 0.3) is 0 Å². The largest absolute Gasteiger partial charge is 0.397 e. The summed E-state index contributed by atoms with van der Waals surface area (Å²) < 4.78 is 0. The average Bonchev–Trinajstić information content (AvgIpc) is 1.85. The van der Waals surface area contributed by atoms with Crippen LogP contribution in [0.2, 0.25) is 0 Å². The first-order valence-electron chi connectivity index (χ1n) is 3.65. The number of benzene rings is 1. The predicted molar refractivity (Wildman–Crippen MR) is 49.9 cm³/mol. The van der Waals surface area contributed by atoms with E-state index in [1.165, 1.54) is 5.56 Å². The van der Waals surface area contributed by atoms with Crippen LogP contribution >= 0.6 is 0 Å². The van der Waals surface area contributed by atoms with Gasteiger partial charge in [0.15, 0.2) is 0 Å². The van der Waals surface area contributed by atoms with Gasteiger partial charge in [-0.05, 0) is 18.6 Å². The van der Waals surface area contributed by atoms with Crippen LogP contribution in [-0.4, -0.2) is 14.1 Å². The first-order valence-corrected chi connectivity index (χ1v) is 3.65. The van der Waals surface area contributed by atoms with Gasteiger partial charge in [-0.15, -0.1) is 0 Å². The molecule has 0 aliphatic heterocycles. The number of rotatable bonds is 1. The van der Waals surface area contributed by atoms with Crippen molar-refractivity contribution < 1.29 is 0 Å². The van der Waals surface area contributed by atoms with Gasteiger partial charge in [0.2, 0.25) is 0 Å². The molecule has 0 aliphatic carbocycles. The van der Waals surface area contributed by atoms with Gasteiger partial charge in [-0.25, -0.2) is 0 Å². The number of nitrogens with zero attached hydrogens (tertiary/aromatic N) is 1. The third-order valence-electron chi connectivity index (χ3n) is 1.72. The SMILES string of the molecule is Cc1cccc(N)c1N(C)C. The lowest BCUT2D eigenvalue weighted by atomic mass is 10.1. The molecule has 1 rings (SSSR count). The van der Waals surface area contributed by atoms with E-state index in [1.54, 1.807) is 0 Å². The molecule has 0 aliphatic rings. The number of aryl methyl sites for hydroxylation is 1. The standard InChI is InChI=1S/C9H14N2/c1-7-5-4-6-8(10)9(7)11(2)3/h4-6H,10H2,1-3H3. The summed E-state index contributed by atoms with van der Waals surface area (Å²) in [7, 11) is 4.00. The van der Waals surface area contributed by atoms with Crippen molar-refractivity contribution in [1.29, 1.82) is 0 Å². The zero-order chi connectivity index (χ0) is 8.43. The van der Waals surface area contributed by atoms with Crippen LogP contribution in [0.3, 0.4) is 0 Å². The maximum Gasteiger partial charge on any atom is 0.0624 e. The summed E-state index contributed by atoms with van der Waals surface area (Å²) in [6, 6.07) is 5.95. The summed E-state index contributed by atoms with van der Waals surface area (Å²) in [4.78, 5) is 2.03. The van der Waals surface area contributed by atoms with Gasteiger partial charge in [-0.3, -0.25) is 0 Å². The summed E-state index contributed by atoms with van der Waals surface area (Å²) in [6.45, 7) is 2.06. The number of nitrogens with two attached hydrogens (primary N) is 1. The molecule has 0 radical (unpaired) electrons. The molecule has 0 amide bonds. The van der Waals surface area contributed by atoms with Crippen LogP contribution in [0.5, 0.6) is 0 Å². The molecule has 2 heteroatoms. The predicted octanol–water partition coefficient (Wildman–Crippen LogP) is 1.64. The Hall–Kier alpha value is -1.18. The lowest BCUT2D eigenvalue weighted by Gasteiger charge is -2.17. The Morgan fingerprint density at radius 3 is 2.27 bits per heavy atom. The fraction of sp³-hybridized carbons (Fsp3) is 0.333. The first-order chi connectivity index (χ1) is 5.13. The molecule has 2 N–H and O–H groups in total. The van der Waals surface area contributed by atoms with E-state index < -0.39 is 0 Å². The molecule has 1 aromatic rings. The van der Waals surface area contributed by atoms with Gasteiger partial charge in [0.1, 0.15) is 0 Å². The molecule has 0 unspecified atom stereocenters. The molecule has 0 bridgehead atoms. The van der Waals surface area contributed by atoms with E-state index in [0.29, 0.717) is 0 Å².